The third-order valence-electron chi connectivity index (χ3n) is 6.37. The van der Waals surface area contributed by atoms with Gasteiger partial charge >= 0.3 is 0 Å². The van der Waals surface area contributed by atoms with Crippen LogP contribution in [0.5, 0.6) is 11.5 Å². The van der Waals surface area contributed by atoms with Gasteiger partial charge in [0.15, 0.2) is 17.3 Å². The minimum Gasteiger partial charge on any atom is -0.493 e. The van der Waals surface area contributed by atoms with Crippen LogP contribution in [0.3, 0.4) is 0 Å². The lowest BCUT2D eigenvalue weighted by Crippen LogP contribution is -2.47. The molecule has 1 fully saturated rings. The molecule has 1 aromatic carbocycles. The largest absolute Gasteiger partial charge is 0.493 e. The summed E-state index contributed by atoms with van der Waals surface area (Å²) in [4.78, 5) is 19.1. The van der Waals surface area contributed by atoms with Crippen LogP contribution >= 0.6 is 11.3 Å². The summed E-state index contributed by atoms with van der Waals surface area (Å²) in [6.45, 7) is 9.30. The van der Waals surface area contributed by atoms with Crippen LogP contribution < -0.4 is 14.8 Å². The molecule has 182 valence electrons. The number of amides is 1. The number of likely N-dealkylation sites (N-methyl/N-ethyl adjacent to an activating group) is 1. The number of ether oxygens (including phenoxy) is 2. The zero-order valence-electron chi connectivity index (χ0n) is 20.3. The number of benzene rings is 1. The van der Waals surface area contributed by atoms with Gasteiger partial charge in [-0.2, -0.15) is 0 Å². The van der Waals surface area contributed by atoms with Crippen LogP contribution in [0.4, 0.5) is 5.00 Å². The number of furan rings is 1. The molecule has 3 aromatic rings. The quantitative estimate of drug-likeness (QED) is 0.467. The number of methoxy groups -OCH3 is 2. The number of carbonyl (C=O) groups is 1. The summed E-state index contributed by atoms with van der Waals surface area (Å²) in [5.41, 5.74) is 2.20. The number of piperazine rings is 1. The highest BCUT2D eigenvalue weighted by atomic mass is 32.1. The molecule has 1 N–H and O–H groups in total. The van der Waals surface area contributed by atoms with Crippen molar-refractivity contribution in [3.05, 3.63) is 64.4 Å². The predicted octanol–water partition coefficient (Wildman–Crippen LogP) is 4.90. The standard InChI is InChI=1S/C26H33N3O4S/c1-5-19-17-20(26(34-19)27-25(30)22-8-7-15-33-22)24(29-13-11-28(6-2)12-14-29)18-9-10-21(31-3)23(16-18)32-4/h7-10,15-17,24H,5-6,11-14H2,1-4H3,(H,27,30). The molecule has 0 aliphatic carbocycles. The average Bonchev–Trinajstić information content (AvgIpc) is 3.55. The zero-order valence-corrected chi connectivity index (χ0v) is 21.1. The maximum Gasteiger partial charge on any atom is 0.291 e. The Morgan fingerprint density at radius 2 is 1.85 bits per heavy atom. The van der Waals surface area contributed by atoms with Crippen LogP contribution in [0.1, 0.15) is 46.4 Å². The Morgan fingerprint density at radius 3 is 2.47 bits per heavy atom. The van der Waals surface area contributed by atoms with E-state index in [-0.39, 0.29) is 11.9 Å². The molecule has 7 nitrogen and oxygen atoms in total. The van der Waals surface area contributed by atoms with Gasteiger partial charge < -0.3 is 24.1 Å². The molecule has 1 aliphatic rings. The van der Waals surface area contributed by atoms with Gasteiger partial charge in [0.05, 0.1) is 26.5 Å². The average molecular weight is 484 g/mol. The van der Waals surface area contributed by atoms with E-state index >= 15 is 0 Å². The molecule has 1 unspecified atom stereocenters. The van der Waals surface area contributed by atoms with Crippen molar-refractivity contribution >= 4 is 22.2 Å². The zero-order chi connectivity index (χ0) is 24.1. The number of carbonyl (C=O) groups excluding carboxylic acids is 1. The molecular formula is C26H33N3O4S. The molecule has 0 spiro atoms. The molecule has 1 atom stereocenters. The number of rotatable bonds is 9. The number of hydrogen-bond acceptors (Lipinski definition) is 7. The Bertz CT molecular complexity index is 1090. The molecule has 1 amide bonds. The molecule has 3 heterocycles. The van der Waals surface area contributed by atoms with Crippen molar-refractivity contribution in [1.82, 2.24) is 9.80 Å². The summed E-state index contributed by atoms with van der Waals surface area (Å²) in [6, 6.07) is 11.7. The number of thiophene rings is 1. The van der Waals surface area contributed by atoms with Gasteiger partial charge in [-0.05, 0) is 48.9 Å². The van der Waals surface area contributed by atoms with E-state index in [9.17, 15) is 4.79 Å². The molecule has 2 aromatic heterocycles. The Kier molecular flexibility index (Phi) is 7.92. The van der Waals surface area contributed by atoms with Gasteiger partial charge in [-0.1, -0.05) is 19.9 Å². The van der Waals surface area contributed by atoms with E-state index in [1.165, 1.54) is 11.1 Å². The molecule has 34 heavy (non-hydrogen) atoms. The summed E-state index contributed by atoms with van der Waals surface area (Å²) < 4.78 is 16.4. The molecule has 0 bridgehead atoms. The van der Waals surface area contributed by atoms with Crippen LogP contribution in [-0.4, -0.2) is 62.7 Å². The fourth-order valence-corrected chi connectivity index (χ4v) is 5.48. The first kappa shape index (κ1) is 24.3. The van der Waals surface area contributed by atoms with E-state index in [0.717, 1.165) is 55.3 Å². The number of hydrogen-bond donors (Lipinski definition) is 1. The molecular weight excluding hydrogens is 450 g/mol. The lowest BCUT2D eigenvalue weighted by Gasteiger charge is -2.39. The summed E-state index contributed by atoms with van der Waals surface area (Å²) in [5.74, 6) is 1.46. The van der Waals surface area contributed by atoms with Crippen molar-refractivity contribution in [2.24, 2.45) is 0 Å². The maximum absolute atomic E-state index is 12.9. The second-order valence-corrected chi connectivity index (χ2v) is 9.41. The van der Waals surface area contributed by atoms with E-state index in [4.69, 9.17) is 13.9 Å². The van der Waals surface area contributed by atoms with Gasteiger partial charge in [-0.25, -0.2) is 0 Å². The van der Waals surface area contributed by atoms with E-state index in [2.05, 4.69) is 47.2 Å². The molecule has 1 aliphatic heterocycles. The van der Waals surface area contributed by atoms with Crippen molar-refractivity contribution in [3.63, 3.8) is 0 Å². The van der Waals surface area contributed by atoms with E-state index in [0.29, 0.717) is 17.3 Å². The highest BCUT2D eigenvalue weighted by Gasteiger charge is 2.30. The predicted molar refractivity (Wildman–Crippen MR) is 135 cm³/mol. The van der Waals surface area contributed by atoms with Gasteiger partial charge in [0, 0.05) is 36.6 Å². The van der Waals surface area contributed by atoms with Crippen molar-refractivity contribution in [2.75, 3.05) is 52.3 Å². The molecule has 4 rings (SSSR count). The first-order valence-electron chi connectivity index (χ1n) is 11.7. The minimum absolute atomic E-state index is 0.0257. The third-order valence-corrected chi connectivity index (χ3v) is 7.58. The van der Waals surface area contributed by atoms with E-state index in [1.54, 1.807) is 37.7 Å². The number of aryl methyl sites for hydroxylation is 1. The SMILES string of the molecule is CCc1cc(C(c2ccc(OC)c(OC)c2)N2CCN(CC)CC2)c(NC(=O)c2ccco2)s1. The topological polar surface area (TPSA) is 67.2 Å². The molecule has 0 saturated carbocycles. The van der Waals surface area contributed by atoms with E-state index < -0.39 is 0 Å². The van der Waals surface area contributed by atoms with Gasteiger partial charge in [0.1, 0.15) is 5.00 Å². The smallest absolute Gasteiger partial charge is 0.291 e. The third kappa shape index (κ3) is 5.14. The van der Waals surface area contributed by atoms with Gasteiger partial charge in [-0.3, -0.25) is 9.69 Å². The van der Waals surface area contributed by atoms with Crippen molar-refractivity contribution < 1.29 is 18.7 Å². The molecule has 8 heteroatoms. The second-order valence-electron chi connectivity index (χ2n) is 8.27. The first-order chi connectivity index (χ1) is 16.6. The lowest BCUT2D eigenvalue weighted by molar-refractivity contribution is 0.0995. The van der Waals surface area contributed by atoms with Crippen LogP contribution in [-0.2, 0) is 6.42 Å². The van der Waals surface area contributed by atoms with Crippen LogP contribution in [0.25, 0.3) is 0 Å². The minimum atomic E-state index is -0.238. The van der Waals surface area contributed by atoms with Gasteiger partial charge in [0.25, 0.3) is 5.91 Å². The highest BCUT2D eigenvalue weighted by Crippen LogP contribution is 2.42. The van der Waals surface area contributed by atoms with Crippen LogP contribution in [0, 0.1) is 0 Å². The number of nitrogens with zero attached hydrogens (tertiary/aromatic N) is 2. The Labute approximate surface area is 205 Å². The Hall–Kier alpha value is -2.81. The highest BCUT2D eigenvalue weighted by molar-refractivity contribution is 7.16. The fourth-order valence-electron chi connectivity index (χ4n) is 4.45. The number of nitrogens with one attached hydrogen (secondary N) is 1. The lowest BCUT2D eigenvalue weighted by atomic mass is 9.96. The summed E-state index contributed by atoms with van der Waals surface area (Å²) >= 11 is 1.63. The van der Waals surface area contributed by atoms with Crippen molar-refractivity contribution in [3.8, 4) is 11.5 Å². The monoisotopic (exact) mass is 483 g/mol. The summed E-state index contributed by atoms with van der Waals surface area (Å²) in [5, 5.41) is 3.98. The Morgan fingerprint density at radius 1 is 1.09 bits per heavy atom. The summed E-state index contributed by atoms with van der Waals surface area (Å²) in [6.07, 6.45) is 2.41. The first-order valence-corrected chi connectivity index (χ1v) is 12.5. The van der Waals surface area contributed by atoms with E-state index in [1.807, 2.05) is 6.07 Å². The molecule has 0 radical (unpaired) electrons. The second kappa shape index (κ2) is 11.1. The van der Waals surface area contributed by atoms with Gasteiger partial charge in [-0.15, -0.1) is 11.3 Å². The fraction of sp³-hybridized carbons (Fsp3) is 0.423. The van der Waals surface area contributed by atoms with Crippen molar-refractivity contribution in [1.29, 1.82) is 0 Å². The van der Waals surface area contributed by atoms with Crippen LogP contribution in [0.15, 0.2) is 47.1 Å². The van der Waals surface area contributed by atoms with Crippen LogP contribution in [0.2, 0.25) is 0 Å². The summed E-state index contributed by atoms with van der Waals surface area (Å²) in [7, 11) is 3.30. The maximum atomic E-state index is 12.9. The number of anilines is 1. The molecule has 1 saturated heterocycles. The van der Waals surface area contributed by atoms with Gasteiger partial charge in [0.2, 0.25) is 0 Å². The van der Waals surface area contributed by atoms with Crippen molar-refractivity contribution in [2.45, 2.75) is 26.3 Å². The normalized spacial score (nSPS) is 15.8. The Balaban J connectivity index is 1.76.